The van der Waals surface area contributed by atoms with Crippen LogP contribution in [0.4, 0.5) is 0 Å². The van der Waals surface area contributed by atoms with Gasteiger partial charge in [0.1, 0.15) is 0 Å². The molecule has 0 aliphatic carbocycles. The van der Waals surface area contributed by atoms with Gasteiger partial charge in [-0.2, -0.15) is 0 Å². The Labute approximate surface area is 179 Å². The summed E-state index contributed by atoms with van der Waals surface area (Å²) >= 11 is 1.28. The highest BCUT2D eigenvalue weighted by Gasteiger charge is 2.24. The number of Topliss-reactive ketones (excluding diaryl/α,β-unsaturated/α-hetero) is 1. The lowest BCUT2D eigenvalue weighted by Gasteiger charge is -2.14. The van der Waals surface area contributed by atoms with Gasteiger partial charge in [-0.05, 0) is 37.1 Å². The van der Waals surface area contributed by atoms with Crippen molar-refractivity contribution in [3.8, 4) is 0 Å². The van der Waals surface area contributed by atoms with Gasteiger partial charge in [0.15, 0.2) is 6.10 Å². The third kappa shape index (κ3) is 4.91. The standard InChI is InChI=1S/C23H24N2O4S/c1-13(2)20-11-18(17-7-5-6-8-19(17)25-20)23(28)29-14(3)22(27)21-10-9-16(30-21)12-24-15(4)26/h5-11,13-14H,12H2,1-4H3,(H,24,26). The van der Waals surface area contributed by atoms with E-state index in [0.717, 1.165) is 16.1 Å². The second-order valence-electron chi connectivity index (χ2n) is 7.35. The van der Waals surface area contributed by atoms with Crippen LogP contribution in [0.1, 0.15) is 64.2 Å². The third-order valence-electron chi connectivity index (χ3n) is 4.62. The monoisotopic (exact) mass is 424 g/mol. The van der Waals surface area contributed by atoms with Crippen LogP contribution in [-0.4, -0.2) is 28.7 Å². The molecule has 0 aliphatic heterocycles. The summed E-state index contributed by atoms with van der Waals surface area (Å²) in [6.07, 6.45) is -0.931. The first kappa shape index (κ1) is 21.6. The quantitative estimate of drug-likeness (QED) is 0.446. The fourth-order valence-electron chi connectivity index (χ4n) is 2.96. The van der Waals surface area contributed by atoms with Crippen LogP contribution in [0.25, 0.3) is 10.9 Å². The zero-order valence-corrected chi connectivity index (χ0v) is 18.2. The molecule has 0 saturated carbocycles. The third-order valence-corrected chi connectivity index (χ3v) is 5.72. The molecule has 0 radical (unpaired) electrons. The van der Waals surface area contributed by atoms with E-state index < -0.39 is 12.1 Å². The van der Waals surface area contributed by atoms with Crippen molar-refractivity contribution in [3.05, 3.63) is 63.5 Å². The molecule has 6 nitrogen and oxygen atoms in total. The number of hydrogen-bond donors (Lipinski definition) is 1. The number of aromatic nitrogens is 1. The Morgan fingerprint density at radius 3 is 2.53 bits per heavy atom. The van der Waals surface area contributed by atoms with Gasteiger partial charge in [0.2, 0.25) is 11.7 Å². The molecular formula is C23H24N2O4S. The van der Waals surface area contributed by atoms with Gasteiger partial charge in [-0.15, -0.1) is 11.3 Å². The normalized spacial score (nSPS) is 12.0. The van der Waals surface area contributed by atoms with Crippen molar-refractivity contribution in [3.63, 3.8) is 0 Å². The predicted octanol–water partition coefficient (Wildman–Crippen LogP) is 4.48. The number of carbonyl (C=O) groups is 3. The Hall–Kier alpha value is -3.06. The van der Waals surface area contributed by atoms with Gasteiger partial charge >= 0.3 is 5.97 Å². The van der Waals surface area contributed by atoms with Crippen molar-refractivity contribution in [2.45, 2.75) is 46.3 Å². The number of rotatable bonds is 7. The molecule has 0 aliphatic rings. The summed E-state index contributed by atoms with van der Waals surface area (Å²) < 4.78 is 5.52. The number of pyridine rings is 1. The van der Waals surface area contributed by atoms with Crippen molar-refractivity contribution >= 4 is 39.9 Å². The molecule has 3 rings (SSSR count). The van der Waals surface area contributed by atoms with Gasteiger partial charge < -0.3 is 10.1 Å². The van der Waals surface area contributed by atoms with Crippen molar-refractivity contribution in [2.24, 2.45) is 0 Å². The Morgan fingerprint density at radius 2 is 1.83 bits per heavy atom. The summed E-state index contributed by atoms with van der Waals surface area (Å²) in [6, 6.07) is 12.6. The molecule has 0 saturated heterocycles. The number of esters is 1. The van der Waals surface area contributed by atoms with Crippen LogP contribution in [-0.2, 0) is 16.1 Å². The molecule has 3 aromatic rings. The van der Waals surface area contributed by atoms with E-state index in [9.17, 15) is 14.4 Å². The fraction of sp³-hybridized carbons (Fsp3) is 0.304. The number of ether oxygens (including phenoxy) is 1. The van der Waals surface area contributed by atoms with E-state index in [1.54, 1.807) is 25.1 Å². The number of benzene rings is 1. The summed E-state index contributed by atoms with van der Waals surface area (Å²) in [6.45, 7) is 7.39. The first-order valence-corrected chi connectivity index (χ1v) is 10.6. The smallest absolute Gasteiger partial charge is 0.339 e. The average molecular weight is 425 g/mol. The fourth-order valence-corrected chi connectivity index (χ4v) is 3.92. The second-order valence-corrected chi connectivity index (χ2v) is 8.52. The summed E-state index contributed by atoms with van der Waals surface area (Å²) in [5.74, 6) is -0.812. The molecule has 2 aromatic heterocycles. The maximum Gasteiger partial charge on any atom is 0.339 e. The number of nitrogens with one attached hydrogen (secondary N) is 1. The summed E-state index contributed by atoms with van der Waals surface area (Å²) in [4.78, 5) is 42.6. The van der Waals surface area contributed by atoms with Gasteiger partial charge in [0.25, 0.3) is 0 Å². The van der Waals surface area contributed by atoms with E-state index in [2.05, 4.69) is 10.3 Å². The summed E-state index contributed by atoms with van der Waals surface area (Å²) in [7, 11) is 0. The topological polar surface area (TPSA) is 85.4 Å². The number of hydrogen-bond acceptors (Lipinski definition) is 6. The number of thiophene rings is 1. The van der Waals surface area contributed by atoms with Gasteiger partial charge in [-0.3, -0.25) is 14.6 Å². The molecule has 30 heavy (non-hydrogen) atoms. The molecule has 0 bridgehead atoms. The van der Waals surface area contributed by atoms with Crippen molar-refractivity contribution in [2.75, 3.05) is 0 Å². The minimum Gasteiger partial charge on any atom is -0.451 e. The van der Waals surface area contributed by atoms with Crippen molar-refractivity contribution in [1.29, 1.82) is 0 Å². The molecule has 1 N–H and O–H groups in total. The van der Waals surface area contributed by atoms with Crippen LogP contribution < -0.4 is 5.32 Å². The molecule has 1 amide bonds. The number of carbonyl (C=O) groups excluding carboxylic acids is 3. The Bertz CT molecular complexity index is 1100. The van der Waals surface area contributed by atoms with Crippen LogP contribution in [0.15, 0.2) is 42.5 Å². The van der Waals surface area contributed by atoms with Gasteiger partial charge in [-0.1, -0.05) is 32.0 Å². The van der Waals surface area contributed by atoms with Gasteiger partial charge in [0.05, 0.1) is 22.5 Å². The highest BCUT2D eigenvalue weighted by molar-refractivity contribution is 7.14. The van der Waals surface area contributed by atoms with Crippen LogP contribution >= 0.6 is 11.3 Å². The Balaban J connectivity index is 1.79. The summed E-state index contributed by atoms with van der Waals surface area (Å²) in [5, 5.41) is 3.39. The molecule has 156 valence electrons. The summed E-state index contributed by atoms with van der Waals surface area (Å²) in [5.41, 5.74) is 1.91. The van der Waals surface area contributed by atoms with Crippen molar-refractivity contribution in [1.82, 2.24) is 10.3 Å². The minimum absolute atomic E-state index is 0.135. The first-order chi connectivity index (χ1) is 14.3. The van der Waals surface area contributed by atoms with E-state index in [-0.39, 0.29) is 17.6 Å². The lowest BCUT2D eigenvalue weighted by Crippen LogP contribution is -2.24. The van der Waals surface area contributed by atoms with Crippen LogP contribution in [0, 0.1) is 0 Å². The van der Waals surface area contributed by atoms with Crippen LogP contribution in [0.5, 0.6) is 0 Å². The number of nitrogens with zero attached hydrogens (tertiary/aromatic N) is 1. The largest absolute Gasteiger partial charge is 0.451 e. The van der Waals surface area contributed by atoms with E-state index >= 15 is 0 Å². The van der Waals surface area contributed by atoms with Crippen LogP contribution in [0.3, 0.4) is 0 Å². The highest BCUT2D eigenvalue weighted by atomic mass is 32.1. The number of fused-ring (bicyclic) bond motifs is 1. The maximum absolute atomic E-state index is 12.9. The number of ketones is 1. The molecule has 0 fully saturated rings. The molecule has 7 heteroatoms. The average Bonchev–Trinajstić information content (AvgIpc) is 3.19. The molecule has 2 heterocycles. The lowest BCUT2D eigenvalue weighted by molar-refractivity contribution is -0.119. The molecule has 1 atom stereocenters. The number of para-hydroxylation sites is 1. The maximum atomic E-state index is 12.9. The van der Waals surface area contributed by atoms with E-state index in [1.165, 1.54) is 18.3 Å². The minimum atomic E-state index is -0.931. The highest BCUT2D eigenvalue weighted by Crippen LogP contribution is 2.24. The SMILES string of the molecule is CC(=O)NCc1ccc(C(=O)C(C)OC(=O)c2cc(C(C)C)nc3ccccc23)s1. The zero-order chi connectivity index (χ0) is 21.8. The van der Waals surface area contributed by atoms with Gasteiger partial charge in [0, 0.05) is 22.9 Å². The lowest BCUT2D eigenvalue weighted by atomic mass is 10.0. The molecule has 1 aromatic carbocycles. The van der Waals surface area contributed by atoms with Crippen molar-refractivity contribution < 1.29 is 19.1 Å². The predicted molar refractivity (Wildman–Crippen MR) is 117 cm³/mol. The van der Waals surface area contributed by atoms with E-state index in [4.69, 9.17) is 4.74 Å². The second kappa shape index (κ2) is 9.17. The molecular weight excluding hydrogens is 400 g/mol. The Morgan fingerprint density at radius 1 is 1.10 bits per heavy atom. The first-order valence-electron chi connectivity index (χ1n) is 9.74. The van der Waals surface area contributed by atoms with E-state index in [1.807, 2.05) is 38.1 Å². The van der Waals surface area contributed by atoms with Gasteiger partial charge in [-0.25, -0.2) is 4.79 Å². The van der Waals surface area contributed by atoms with Crippen LogP contribution in [0.2, 0.25) is 0 Å². The van der Waals surface area contributed by atoms with E-state index in [0.29, 0.717) is 22.4 Å². The molecule has 1 unspecified atom stereocenters. The number of amides is 1. The zero-order valence-electron chi connectivity index (χ0n) is 17.4. The molecule has 0 spiro atoms. The Kier molecular flexibility index (Phi) is 6.62.